The minimum absolute atomic E-state index is 0.0139. The Bertz CT molecular complexity index is 388. The summed E-state index contributed by atoms with van der Waals surface area (Å²) in [4.78, 5) is 14.0. The number of rotatable bonds is 3. The van der Waals surface area contributed by atoms with Gasteiger partial charge in [-0.3, -0.25) is 4.79 Å². The largest absolute Gasteiger partial charge is 0.481 e. The standard InChI is InChI=1S/C10H8N2O2/c11-6-9-5-4-8(7-12-9)2-1-3-10(13)14/h1-2,4-5,7H,3H2,(H,13,14). The number of pyridine rings is 1. The summed E-state index contributed by atoms with van der Waals surface area (Å²) in [6.07, 6.45) is 4.70. The Balaban J connectivity index is 2.65. The summed E-state index contributed by atoms with van der Waals surface area (Å²) in [5.74, 6) is -0.872. The third kappa shape index (κ3) is 3.07. The van der Waals surface area contributed by atoms with Crippen molar-refractivity contribution >= 4 is 12.0 Å². The molecule has 70 valence electrons. The van der Waals surface area contributed by atoms with Crippen LogP contribution in [0.1, 0.15) is 17.7 Å². The summed E-state index contributed by atoms with van der Waals surface area (Å²) in [5.41, 5.74) is 1.13. The number of carboxylic acid groups (broad SMARTS) is 1. The lowest BCUT2D eigenvalue weighted by molar-refractivity contribution is -0.135. The normalized spacial score (nSPS) is 9.93. The number of nitrogens with zero attached hydrogens (tertiary/aromatic N) is 2. The van der Waals surface area contributed by atoms with E-state index in [1.165, 1.54) is 12.3 Å². The third-order valence-electron chi connectivity index (χ3n) is 1.50. The van der Waals surface area contributed by atoms with Crippen molar-refractivity contribution in [1.82, 2.24) is 4.98 Å². The maximum Gasteiger partial charge on any atom is 0.307 e. The van der Waals surface area contributed by atoms with Gasteiger partial charge in [0, 0.05) is 6.20 Å². The molecule has 1 aromatic rings. The molecule has 0 saturated heterocycles. The van der Waals surface area contributed by atoms with Crippen molar-refractivity contribution in [3.63, 3.8) is 0 Å². The second-order valence-electron chi connectivity index (χ2n) is 2.59. The SMILES string of the molecule is N#Cc1ccc(C=CCC(=O)O)cn1. The lowest BCUT2D eigenvalue weighted by Gasteiger charge is -1.91. The molecule has 0 amide bonds. The van der Waals surface area contributed by atoms with Gasteiger partial charge in [-0.15, -0.1) is 0 Å². The first-order valence-electron chi connectivity index (χ1n) is 3.97. The van der Waals surface area contributed by atoms with Crippen LogP contribution in [-0.2, 0) is 4.79 Å². The van der Waals surface area contributed by atoms with Gasteiger partial charge in [-0.2, -0.15) is 5.26 Å². The van der Waals surface area contributed by atoms with Crippen molar-refractivity contribution in [1.29, 1.82) is 5.26 Å². The maximum atomic E-state index is 10.2. The summed E-state index contributed by atoms with van der Waals surface area (Å²) in [5, 5.41) is 16.8. The van der Waals surface area contributed by atoms with Crippen LogP contribution < -0.4 is 0 Å². The smallest absolute Gasteiger partial charge is 0.307 e. The van der Waals surface area contributed by atoms with Crippen LogP contribution in [0.4, 0.5) is 0 Å². The third-order valence-corrected chi connectivity index (χ3v) is 1.50. The van der Waals surface area contributed by atoms with Crippen LogP contribution in [-0.4, -0.2) is 16.1 Å². The summed E-state index contributed by atoms with van der Waals surface area (Å²) in [6, 6.07) is 5.20. The zero-order chi connectivity index (χ0) is 10.4. The molecule has 1 rings (SSSR count). The fourth-order valence-corrected chi connectivity index (χ4v) is 0.866. The number of carbonyl (C=O) groups is 1. The molecule has 0 aliphatic rings. The van der Waals surface area contributed by atoms with Gasteiger partial charge in [0.15, 0.2) is 0 Å². The van der Waals surface area contributed by atoms with E-state index in [-0.39, 0.29) is 6.42 Å². The van der Waals surface area contributed by atoms with E-state index in [4.69, 9.17) is 10.4 Å². The molecule has 0 spiro atoms. The first-order chi connectivity index (χ1) is 6.72. The second-order valence-corrected chi connectivity index (χ2v) is 2.59. The Morgan fingerprint density at radius 2 is 2.43 bits per heavy atom. The molecule has 14 heavy (non-hydrogen) atoms. The Hall–Kier alpha value is -2.15. The molecule has 0 unspecified atom stereocenters. The molecule has 0 bridgehead atoms. The Morgan fingerprint density at radius 3 is 2.93 bits per heavy atom. The van der Waals surface area contributed by atoms with Crippen LogP contribution in [0.25, 0.3) is 6.08 Å². The van der Waals surface area contributed by atoms with Crippen molar-refractivity contribution in [3.8, 4) is 6.07 Å². The number of aliphatic carboxylic acids is 1. The fourth-order valence-electron chi connectivity index (χ4n) is 0.866. The van der Waals surface area contributed by atoms with Crippen LogP contribution >= 0.6 is 0 Å². The highest BCUT2D eigenvalue weighted by Gasteiger charge is 1.92. The first kappa shape index (κ1) is 9.93. The number of aromatic nitrogens is 1. The number of hydrogen-bond donors (Lipinski definition) is 1. The van der Waals surface area contributed by atoms with Crippen LogP contribution in [0.2, 0.25) is 0 Å². The van der Waals surface area contributed by atoms with Crippen molar-refractivity contribution < 1.29 is 9.90 Å². The molecular weight excluding hydrogens is 180 g/mol. The van der Waals surface area contributed by atoms with Gasteiger partial charge in [0.25, 0.3) is 0 Å². The van der Waals surface area contributed by atoms with Gasteiger partial charge in [0.1, 0.15) is 11.8 Å². The van der Waals surface area contributed by atoms with Crippen molar-refractivity contribution in [2.24, 2.45) is 0 Å². The summed E-state index contributed by atoms with van der Waals surface area (Å²) in [6.45, 7) is 0. The van der Waals surface area contributed by atoms with E-state index in [1.807, 2.05) is 6.07 Å². The lowest BCUT2D eigenvalue weighted by Crippen LogP contribution is -1.89. The average molecular weight is 188 g/mol. The molecule has 0 atom stereocenters. The number of hydrogen-bond acceptors (Lipinski definition) is 3. The van der Waals surface area contributed by atoms with E-state index in [0.29, 0.717) is 5.69 Å². The lowest BCUT2D eigenvalue weighted by atomic mass is 10.2. The first-order valence-corrected chi connectivity index (χ1v) is 3.97. The number of nitriles is 1. The van der Waals surface area contributed by atoms with E-state index in [2.05, 4.69) is 4.98 Å². The molecule has 0 radical (unpaired) electrons. The predicted molar refractivity (Wildman–Crippen MR) is 50.2 cm³/mol. The monoisotopic (exact) mass is 188 g/mol. The van der Waals surface area contributed by atoms with Crippen molar-refractivity contribution in [3.05, 3.63) is 35.7 Å². The Kier molecular flexibility index (Phi) is 3.39. The van der Waals surface area contributed by atoms with E-state index >= 15 is 0 Å². The van der Waals surface area contributed by atoms with Crippen LogP contribution in [0.5, 0.6) is 0 Å². The summed E-state index contributed by atoms with van der Waals surface area (Å²) < 4.78 is 0. The fraction of sp³-hybridized carbons (Fsp3) is 0.100. The van der Waals surface area contributed by atoms with Gasteiger partial charge in [-0.1, -0.05) is 18.2 Å². The van der Waals surface area contributed by atoms with E-state index in [1.54, 1.807) is 18.2 Å². The van der Waals surface area contributed by atoms with Gasteiger partial charge in [0.05, 0.1) is 6.42 Å². The van der Waals surface area contributed by atoms with Gasteiger partial charge >= 0.3 is 5.97 Å². The average Bonchev–Trinajstić information content (AvgIpc) is 2.18. The van der Waals surface area contributed by atoms with Crippen LogP contribution in [0.3, 0.4) is 0 Å². The molecule has 4 heteroatoms. The maximum absolute atomic E-state index is 10.2. The van der Waals surface area contributed by atoms with Crippen molar-refractivity contribution in [2.45, 2.75) is 6.42 Å². The van der Waals surface area contributed by atoms with Gasteiger partial charge in [-0.05, 0) is 11.6 Å². The van der Waals surface area contributed by atoms with E-state index in [9.17, 15) is 4.79 Å². The van der Waals surface area contributed by atoms with Crippen LogP contribution in [0, 0.1) is 11.3 Å². The topological polar surface area (TPSA) is 74.0 Å². The van der Waals surface area contributed by atoms with Crippen LogP contribution in [0.15, 0.2) is 24.4 Å². The predicted octanol–water partition coefficient (Wildman–Crippen LogP) is 1.44. The molecule has 0 fully saturated rings. The Morgan fingerprint density at radius 1 is 1.64 bits per heavy atom. The molecule has 0 aliphatic carbocycles. The highest BCUT2D eigenvalue weighted by molar-refractivity contribution is 5.70. The molecule has 0 aliphatic heterocycles. The summed E-state index contributed by atoms with van der Waals surface area (Å²) >= 11 is 0. The molecule has 0 aromatic carbocycles. The van der Waals surface area contributed by atoms with Gasteiger partial charge < -0.3 is 5.11 Å². The number of carboxylic acids is 1. The minimum Gasteiger partial charge on any atom is -0.481 e. The summed E-state index contributed by atoms with van der Waals surface area (Å²) in [7, 11) is 0. The molecule has 0 saturated carbocycles. The molecule has 1 N–H and O–H groups in total. The Labute approximate surface area is 81.1 Å². The van der Waals surface area contributed by atoms with Crippen molar-refractivity contribution in [2.75, 3.05) is 0 Å². The molecular formula is C10H8N2O2. The minimum atomic E-state index is -0.872. The highest BCUT2D eigenvalue weighted by atomic mass is 16.4. The second kappa shape index (κ2) is 4.77. The molecule has 1 heterocycles. The molecule has 4 nitrogen and oxygen atoms in total. The zero-order valence-corrected chi connectivity index (χ0v) is 7.34. The van der Waals surface area contributed by atoms with Gasteiger partial charge in [-0.25, -0.2) is 4.98 Å². The van der Waals surface area contributed by atoms with E-state index < -0.39 is 5.97 Å². The van der Waals surface area contributed by atoms with E-state index in [0.717, 1.165) is 5.56 Å². The molecule has 1 aromatic heterocycles. The van der Waals surface area contributed by atoms with Gasteiger partial charge in [0.2, 0.25) is 0 Å². The quantitative estimate of drug-likeness (QED) is 0.778. The zero-order valence-electron chi connectivity index (χ0n) is 7.34. The highest BCUT2D eigenvalue weighted by Crippen LogP contribution is 2.02.